The van der Waals surface area contributed by atoms with E-state index in [0.717, 1.165) is 0 Å². The van der Waals surface area contributed by atoms with Crippen molar-refractivity contribution in [2.75, 3.05) is 0 Å². The van der Waals surface area contributed by atoms with Crippen LogP contribution >= 0.6 is 11.8 Å². The molecule has 0 radical (unpaired) electrons. The van der Waals surface area contributed by atoms with Crippen LogP contribution in [0, 0.1) is 0 Å². The summed E-state index contributed by atoms with van der Waals surface area (Å²) in [5.74, 6) is -0.366. The molecule has 0 aromatic rings. The zero-order valence-electron chi connectivity index (χ0n) is 5.83. The third-order valence-electron chi connectivity index (χ3n) is 0.890. The van der Waals surface area contributed by atoms with Crippen LogP contribution in [0.5, 0.6) is 0 Å². The largest absolute Gasteiger partial charge is 0.369 e. The number of rotatable bonds is 4. The van der Waals surface area contributed by atoms with Crippen molar-refractivity contribution in [3.05, 3.63) is 11.6 Å². The fourth-order valence-corrected chi connectivity index (χ4v) is 0.898. The Labute approximate surface area is 64.4 Å². The van der Waals surface area contributed by atoms with Gasteiger partial charge < -0.3 is 5.73 Å². The molecule has 0 aliphatic heterocycles. The fourth-order valence-electron chi connectivity index (χ4n) is 0.299. The molecule has 1 amide bonds. The summed E-state index contributed by atoms with van der Waals surface area (Å²) in [4.78, 5) is 14.0. The second kappa shape index (κ2) is 4.11. The number of nitrogens with zero attached hydrogens (tertiary/aromatic N) is 1. The molecule has 0 aromatic heterocycles. The van der Waals surface area contributed by atoms with E-state index in [4.69, 9.17) is 5.73 Å². The molecular formula is C6H10N2OS. The van der Waals surface area contributed by atoms with Crippen molar-refractivity contribution in [2.45, 2.75) is 12.2 Å². The van der Waals surface area contributed by atoms with Gasteiger partial charge in [0.05, 0.1) is 10.3 Å². The molecule has 2 N–H and O–H groups in total. The Hall–Kier alpha value is -0.770. The molecule has 0 saturated heterocycles. The molecule has 1 unspecified atom stereocenters. The Morgan fingerprint density at radius 3 is 2.60 bits per heavy atom. The maximum atomic E-state index is 10.4. The van der Waals surface area contributed by atoms with E-state index in [1.54, 1.807) is 6.92 Å². The fraction of sp³-hybridized carbons (Fsp3) is 0.333. The van der Waals surface area contributed by atoms with Gasteiger partial charge in [-0.05, 0) is 13.6 Å². The van der Waals surface area contributed by atoms with Gasteiger partial charge in [0, 0.05) is 0 Å². The van der Waals surface area contributed by atoms with Gasteiger partial charge in [0.15, 0.2) is 0 Å². The topological polar surface area (TPSA) is 55.4 Å². The first kappa shape index (κ1) is 9.23. The molecule has 3 nitrogen and oxygen atoms in total. The Balaban J connectivity index is 3.79. The van der Waals surface area contributed by atoms with Gasteiger partial charge in [0.25, 0.3) is 0 Å². The molecule has 4 heteroatoms. The summed E-state index contributed by atoms with van der Waals surface area (Å²) < 4.78 is 0. The highest BCUT2D eigenvalue weighted by atomic mass is 32.2. The molecule has 0 aromatic carbocycles. The van der Waals surface area contributed by atoms with Crippen molar-refractivity contribution in [2.24, 2.45) is 10.7 Å². The number of carbonyl (C=O) groups excluding carboxylic acids is 1. The lowest BCUT2D eigenvalue weighted by Gasteiger charge is -2.03. The van der Waals surface area contributed by atoms with E-state index in [1.807, 2.05) is 0 Å². The smallest absolute Gasteiger partial charge is 0.230 e. The maximum absolute atomic E-state index is 10.4. The van der Waals surface area contributed by atoms with Crippen LogP contribution in [0.1, 0.15) is 6.92 Å². The molecule has 10 heavy (non-hydrogen) atoms. The number of hydrogen-bond donors (Lipinski definition) is 1. The monoisotopic (exact) mass is 158 g/mol. The van der Waals surface area contributed by atoms with Crippen LogP contribution in [0.15, 0.2) is 16.6 Å². The summed E-state index contributed by atoms with van der Waals surface area (Å²) >= 11 is 1.21. The van der Waals surface area contributed by atoms with Gasteiger partial charge in [-0.25, -0.2) is 0 Å². The normalized spacial score (nSPS) is 12.1. The molecule has 0 saturated carbocycles. The number of aliphatic imine (C=N–C) groups is 1. The average Bonchev–Trinajstić information content (AvgIpc) is 1.87. The summed E-state index contributed by atoms with van der Waals surface area (Å²) in [6.07, 6.45) is 0. The lowest BCUT2D eigenvalue weighted by molar-refractivity contribution is -0.117. The van der Waals surface area contributed by atoms with Crippen LogP contribution in [0.4, 0.5) is 0 Å². The summed E-state index contributed by atoms with van der Waals surface area (Å²) in [6, 6.07) is 0. The quantitative estimate of drug-likeness (QED) is 0.614. The second-order valence-electron chi connectivity index (χ2n) is 1.71. The van der Waals surface area contributed by atoms with E-state index in [-0.39, 0.29) is 11.2 Å². The van der Waals surface area contributed by atoms with Gasteiger partial charge in [-0.3, -0.25) is 9.79 Å². The van der Waals surface area contributed by atoms with Crippen molar-refractivity contribution >= 4 is 24.4 Å². The molecular weight excluding hydrogens is 148 g/mol. The van der Waals surface area contributed by atoms with E-state index in [9.17, 15) is 4.79 Å². The number of hydrogen-bond acceptors (Lipinski definition) is 3. The van der Waals surface area contributed by atoms with Gasteiger partial charge in [0.2, 0.25) is 5.91 Å². The van der Waals surface area contributed by atoms with E-state index in [2.05, 4.69) is 18.3 Å². The Bertz CT molecular complexity index is 167. The standard InChI is InChI=1S/C6H10N2OS/c1-4(6(7)9)10-5(2)8-3/h4H,2-3H2,1H3,(H2,7,9). The van der Waals surface area contributed by atoms with Gasteiger partial charge in [-0.2, -0.15) is 0 Å². The zero-order valence-corrected chi connectivity index (χ0v) is 6.65. The van der Waals surface area contributed by atoms with Crippen LogP contribution < -0.4 is 5.73 Å². The third-order valence-corrected chi connectivity index (χ3v) is 1.88. The van der Waals surface area contributed by atoms with Crippen LogP contribution in [-0.2, 0) is 4.79 Å². The van der Waals surface area contributed by atoms with Gasteiger partial charge >= 0.3 is 0 Å². The molecule has 0 fully saturated rings. The third kappa shape index (κ3) is 3.29. The van der Waals surface area contributed by atoms with Gasteiger partial charge in [0.1, 0.15) is 0 Å². The Kier molecular flexibility index (Phi) is 3.79. The van der Waals surface area contributed by atoms with E-state index in [1.165, 1.54) is 11.8 Å². The first-order valence-corrected chi connectivity index (χ1v) is 3.57. The summed E-state index contributed by atoms with van der Waals surface area (Å²) in [7, 11) is 0. The van der Waals surface area contributed by atoms with Gasteiger partial charge in [-0.15, -0.1) is 0 Å². The van der Waals surface area contributed by atoms with Crippen molar-refractivity contribution in [1.29, 1.82) is 0 Å². The van der Waals surface area contributed by atoms with Crippen LogP contribution in [-0.4, -0.2) is 17.9 Å². The number of amides is 1. The SMILES string of the molecule is C=NC(=C)SC(C)C(N)=O. The zero-order chi connectivity index (χ0) is 8.15. The summed E-state index contributed by atoms with van der Waals surface area (Å²) in [5, 5.41) is 0.240. The highest BCUT2D eigenvalue weighted by Gasteiger charge is 2.09. The Morgan fingerprint density at radius 2 is 2.30 bits per heavy atom. The Morgan fingerprint density at radius 1 is 1.80 bits per heavy atom. The molecule has 0 bridgehead atoms. The molecule has 1 atom stereocenters. The van der Waals surface area contributed by atoms with E-state index < -0.39 is 0 Å². The predicted molar refractivity (Wildman–Crippen MR) is 44.9 cm³/mol. The van der Waals surface area contributed by atoms with E-state index >= 15 is 0 Å². The number of thioether (sulfide) groups is 1. The highest BCUT2D eigenvalue weighted by Crippen LogP contribution is 2.19. The molecule has 0 aliphatic rings. The predicted octanol–water partition coefficient (Wildman–Crippen LogP) is 0.765. The minimum absolute atomic E-state index is 0.280. The minimum atomic E-state index is -0.366. The number of primary amides is 1. The second-order valence-corrected chi connectivity index (χ2v) is 3.13. The van der Waals surface area contributed by atoms with E-state index in [0.29, 0.717) is 5.03 Å². The van der Waals surface area contributed by atoms with Crippen molar-refractivity contribution in [3.63, 3.8) is 0 Å². The van der Waals surface area contributed by atoms with Crippen LogP contribution in [0.3, 0.4) is 0 Å². The molecule has 0 heterocycles. The lowest BCUT2D eigenvalue weighted by atomic mass is 10.5. The lowest BCUT2D eigenvalue weighted by Crippen LogP contribution is -2.22. The molecule has 0 rings (SSSR count). The minimum Gasteiger partial charge on any atom is -0.369 e. The van der Waals surface area contributed by atoms with Crippen LogP contribution in [0.25, 0.3) is 0 Å². The average molecular weight is 158 g/mol. The van der Waals surface area contributed by atoms with Crippen molar-refractivity contribution in [1.82, 2.24) is 0 Å². The number of carbonyl (C=O) groups is 1. The first-order chi connectivity index (χ1) is 4.57. The number of nitrogens with two attached hydrogens (primary N) is 1. The first-order valence-electron chi connectivity index (χ1n) is 2.69. The van der Waals surface area contributed by atoms with Gasteiger partial charge in [-0.1, -0.05) is 18.3 Å². The van der Waals surface area contributed by atoms with Crippen molar-refractivity contribution < 1.29 is 4.79 Å². The molecule has 0 aliphatic carbocycles. The molecule has 56 valence electrons. The van der Waals surface area contributed by atoms with Crippen molar-refractivity contribution in [3.8, 4) is 0 Å². The maximum Gasteiger partial charge on any atom is 0.230 e. The molecule has 0 spiro atoms. The summed E-state index contributed by atoms with van der Waals surface area (Å²) in [5.41, 5.74) is 4.98. The van der Waals surface area contributed by atoms with Crippen LogP contribution in [0.2, 0.25) is 0 Å². The highest BCUT2D eigenvalue weighted by molar-refractivity contribution is 8.04. The summed E-state index contributed by atoms with van der Waals surface area (Å²) in [6.45, 7) is 8.47.